The molecule has 0 saturated heterocycles. The maximum atomic E-state index is 12.3. The third-order valence-electron chi connectivity index (χ3n) is 4.04. The summed E-state index contributed by atoms with van der Waals surface area (Å²) in [7, 11) is 0. The predicted octanol–water partition coefficient (Wildman–Crippen LogP) is 3.14. The van der Waals surface area contributed by atoms with Gasteiger partial charge in [0.2, 0.25) is 0 Å². The quantitative estimate of drug-likeness (QED) is 0.572. The Kier molecular flexibility index (Phi) is 3.75. The fraction of sp³-hybridized carbons (Fsp3) is 0.733. The van der Waals surface area contributed by atoms with Crippen LogP contribution in [0.15, 0.2) is 12.2 Å². The summed E-state index contributed by atoms with van der Waals surface area (Å²) >= 11 is 0. The van der Waals surface area contributed by atoms with E-state index in [-0.39, 0.29) is 23.8 Å². The largest absolute Gasteiger partial charge is 0.457 e. The van der Waals surface area contributed by atoms with Crippen LogP contribution >= 0.6 is 0 Å². The second kappa shape index (κ2) is 4.52. The first-order valence-corrected chi connectivity index (χ1v) is 6.39. The van der Waals surface area contributed by atoms with Gasteiger partial charge in [0.15, 0.2) is 12.4 Å². The van der Waals surface area contributed by atoms with Crippen LogP contribution in [0.5, 0.6) is 0 Å². The minimum absolute atomic E-state index is 0.00454. The molecule has 1 aliphatic rings. The van der Waals surface area contributed by atoms with Gasteiger partial charge in [0, 0.05) is 5.41 Å². The normalized spacial score (nSPS) is 26.1. The number of Topliss-reactive ketones (excluding diaryl/α,β-unsaturated/α-hetero) is 1. The second-order valence-corrected chi connectivity index (χ2v) is 6.91. The number of hydrogen-bond acceptors (Lipinski definition) is 3. The van der Waals surface area contributed by atoms with Crippen molar-refractivity contribution in [2.75, 3.05) is 6.61 Å². The van der Waals surface area contributed by atoms with Crippen molar-refractivity contribution in [3.8, 4) is 0 Å². The van der Waals surface area contributed by atoms with Gasteiger partial charge in [-0.1, -0.05) is 32.9 Å². The number of ether oxygens (including phenoxy) is 1. The van der Waals surface area contributed by atoms with Crippen LogP contribution in [0.1, 0.15) is 48.0 Å². The molecule has 0 amide bonds. The monoisotopic (exact) mass is 252 g/mol. The van der Waals surface area contributed by atoms with E-state index >= 15 is 0 Å². The highest BCUT2D eigenvalue weighted by Crippen LogP contribution is 2.48. The van der Waals surface area contributed by atoms with E-state index in [1.165, 1.54) is 0 Å². The average molecular weight is 252 g/mol. The molecule has 0 aromatic rings. The number of rotatable bonds is 3. The molecule has 0 aromatic carbocycles. The molecule has 0 unspecified atom stereocenters. The highest BCUT2D eigenvalue weighted by Gasteiger charge is 2.47. The van der Waals surface area contributed by atoms with Crippen LogP contribution in [-0.2, 0) is 14.3 Å². The zero-order chi connectivity index (χ0) is 14.2. The van der Waals surface area contributed by atoms with Gasteiger partial charge in [0.1, 0.15) is 0 Å². The number of ketones is 1. The Morgan fingerprint density at radius 2 is 1.78 bits per heavy atom. The van der Waals surface area contributed by atoms with Crippen LogP contribution in [0.25, 0.3) is 0 Å². The molecule has 0 heterocycles. The third-order valence-corrected chi connectivity index (χ3v) is 4.04. The Morgan fingerprint density at radius 3 is 2.17 bits per heavy atom. The summed E-state index contributed by atoms with van der Waals surface area (Å²) in [5, 5.41) is 0. The van der Waals surface area contributed by atoms with Crippen molar-refractivity contribution in [1.82, 2.24) is 0 Å². The molecule has 0 aliphatic heterocycles. The highest BCUT2D eigenvalue weighted by atomic mass is 16.5. The van der Waals surface area contributed by atoms with Crippen LogP contribution in [-0.4, -0.2) is 18.4 Å². The van der Waals surface area contributed by atoms with Crippen molar-refractivity contribution in [3.05, 3.63) is 12.2 Å². The third kappa shape index (κ3) is 2.65. The lowest BCUT2D eigenvalue weighted by Crippen LogP contribution is -2.41. The Balaban J connectivity index is 2.66. The van der Waals surface area contributed by atoms with Gasteiger partial charge in [-0.2, -0.15) is 0 Å². The molecular weight excluding hydrogens is 228 g/mol. The van der Waals surface area contributed by atoms with E-state index in [0.29, 0.717) is 6.42 Å². The summed E-state index contributed by atoms with van der Waals surface area (Å²) in [5.74, 6) is -0.335. The molecule has 3 heteroatoms. The molecule has 0 N–H and O–H groups in total. The summed E-state index contributed by atoms with van der Waals surface area (Å²) in [6.07, 6.45) is 4.81. The Morgan fingerprint density at radius 1 is 1.22 bits per heavy atom. The maximum absolute atomic E-state index is 12.3. The molecule has 1 aliphatic carbocycles. The van der Waals surface area contributed by atoms with Gasteiger partial charge in [-0.3, -0.25) is 9.59 Å². The zero-order valence-corrected chi connectivity index (χ0v) is 12.3. The zero-order valence-electron chi connectivity index (χ0n) is 12.3. The molecule has 0 bridgehead atoms. The van der Waals surface area contributed by atoms with Crippen LogP contribution in [0.3, 0.4) is 0 Å². The summed E-state index contributed by atoms with van der Waals surface area (Å²) in [5.41, 5.74) is -1.21. The van der Waals surface area contributed by atoms with Crippen LogP contribution in [0.4, 0.5) is 0 Å². The van der Waals surface area contributed by atoms with Crippen molar-refractivity contribution in [2.45, 2.75) is 48.0 Å². The second-order valence-electron chi connectivity index (χ2n) is 6.91. The van der Waals surface area contributed by atoms with E-state index < -0.39 is 10.8 Å². The smallest absolute Gasteiger partial charge is 0.311 e. The number of carbonyl (C=O) groups is 2. The van der Waals surface area contributed by atoms with Gasteiger partial charge in [-0.05, 0) is 32.6 Å². The first kappa shape index (κ1) is 14.9. The van der Waals surface area contributed by atoms with Crippen LogP contribution in [0, 0.1) is 16.2 Å². The predicted molar refractivity (Wildman–Crippen MR) is 71.1 cm³/mol. The number of carbonyl (C=O) groups excluding carboxylic acids is 2. The molecule has 1 atom stereocenters. The van der Waals surface area contributed by atoms with Gasteiger partial charge in [0.05, 0.1) is 5.41 Å². The molecule has 0 saturated carbocycles. The van der Waals surface area contributed by atoms with Gasteiger partial charge >= 0.3 is 5.97 Å². The van der Waals surface area contributed by atoms with E-state index in [4.69, 9.17) is 4.74 Å². The standard InChI is InChI=1S/C15H24O3/c1-13(2,3)12(17)18-10-11(16)15(6)9-7-8-14(15,4)5/h7-8H,9-10H2,1-6H3/t15-/m0/s1. The van der Waals surface area contributed by atoms with Gasteiger partial charge < -0.3 is 4.74 Å². The molecular formula is C15H24O3. The molecule has 0 radical (unpaired) electrons. The lowest BCUT2D eigenvalue weighted by atomic mass is 9.66. The lowest BCUT2D eigenvalue weighted by molar-refractivity contribution is -0.159. The molecule has 1 rings (SSSR count). The summed E-state index contributed by atoms with van der Waals surface area (Å²) in [6.45, 7) is 11.2. The summed E-state index contributed by atoms with van der Waals surface area (Å²) in [6, 6.07) is 0. The van der Waals surface area contributed by atoms with Crippen molar-refractivity contribution >= 4 is 11.8 Å². The van der Waals surface area contributed by atoms with E-state index in [2.05, 4.69) is 6.08 Å². The molecule has 102 valence electrons. The number of hydrogen-bond donors (Lipinski definition) is 0. The molecule has 0 spiro atoms. The molecule has 0 fully saturated rings. The first-order valence-electron chi connectivity index (χ1n) is 6.39. The Hall–Kier alpha value is -1.12. The molecule has 0 aromatic heterocycles. The fourth-order valence-corrected chi connectivity index (χ4v) is 2.02. The van der Waals surface area contributed by atoms with Gasteiger partial charge in [0.25, 0.3) is 0 Å². The summed E-state index contributed by atoms with van der Waals surface area (Å²) < 4.78 is 5.12. The Labute approximate surface area is 110 Å². The topological polar surface area (TPSA) is 43.4 Å². The van der Waals surface area contributed by atoms with Crippen molar-refractivity contribution < 1.29 is 14.3 Å². The van der Waals surface area contributed by atoms with Crippen molar-refractivity contribution in [3.63, 3.8) is 0 Å². The van der Waals surface area contributed by atoms with Crippen molar-refractivity contribution in [1.29, 1.82) is 0 Å². The van der Waals surface area contributed by atoms with E-state index in [0.717, 1.165) is 0 Å². The van der Waals surface area contributed by atoms with Crippen LogP contribution < -0.4 is 0 Å². The maximum Gasteiger partial charge on any atom is 0.311 e. The molecule has 3 nitrogen and oxygen atoms in total. The van der Waals surface area contributed by atoms with Gasteiger partial charge in [-0.15, -0.1) is 0 Å². The summed E-state index contributed by atoms with van der Waals surface area (Å²) in [4.78, 5) is 24.0. The van der Waals surface area contributed by atoms with Gasteiger partial charge in [-0.25, -0.2) is 0 Å². The SMILES string of the molecule is CC(C)(C)C(=O)OCC(=O)[C@]1(C)CC=CC1(C)C. The Bertz CT molecular complexity index is 385. The minimum Gasteiger partial charge on any atom is -0.457 e. The molecule has 18 heavy (non-hydrogen) atoms. The number of esters is 1. The average Bonchev–Trinajstić information content (AvgIpc) is 2.49. The minimum atomic E-state index is -0.565. The highest BCUT2D eigenvalue weighted by molar-refractivity contribution is 5.89. The van der Waals surface area contributed by atoms with Crippen LogP contribution in [0.2, 0.25) is 0 Å². The van der Waals surface area contributed by atoms with E-state index in [9.17, 15) is 9.59 Å². The van der Waals surface area contributed by atoms with Crippen molar-refractivity contribution in [2.24, 2.45) is 16.2 Å². The fourth-order valence-electron chi connectivity index (χ4n) is 2.02. The first-order chi connectivity index (χ1) is 8.01. The van der Waals surface area contributed by atoms with E-state index in [1.807, 2.05) is 26.8 Å². The van der Waals surface area contributed by atoms with E-state index in [1.54, 1.807) is 20.8 Å². The lowest BCUT2D eigenvalue weighted by Gasteiger charge is -2.36. The number of allylic oxidation sites excluding steroid dienone is 2.